The average molecular weight is 264 g/mol. The molecule has 0 unspecified atom stereocenters. The van der Waals surface area contributed by atoms with Crippen LogP contribution in [0.2, 0.25) is 5.02 Å². The van der Waals surface area contributed by atoms with E-state index in [1.165, 1.54) is 6.42 Å². The molecular formula is C15H18ClNO. The van der Waals surface area contributed by atoms with Crippen molar-refractivity contribution in [1.29, 1.82) is 5.26 Å². The van der Waals surface area contributed by atoms with E-state index in [2.05, 4.69) is 19.9 Å². The second-order valence-corrected chi connectivity index (χ2v) is 5.82. The SMILES string of the molecule is C[C@H]1CC(Oc2ccc(C#N)c(Cl)c2)C[C@H](C)C1. The summed E-state index contributed by atoms with van der Waals surface area (Å²) in [7, 11) is 0. The fraction of sp³-hybridized carbons (Fsp3) is 0.533. The van der Waals surface area contributed by atoms with Crippen molar-refractivity contribution in [2.45, 2.75) is 39.2 Å². The molecule has 0 amide bonds. The fourth-order valence-corrected chi connectivity index (χ4v) is 3.03. The Balaban J connectivity index is 2.05. The molecule has 18 heavy (non-hydrogen) atoms. The van der Waals surface area contributed by atoms with Crippen LogP contribution in [0, 0.1) is 23.2 Å². The minimum Gasteiger partial charge on any atom is -0.490 e. The normalized spacial score (nSPS) is 27.6. The first-order chi connectivity index (χ1) is 8.58. The smallest absolute Gasteiger partial charge is 0.121 e. The van der Waals surface area contributed by atoms with Gasteiger partial charge in [0, 0.05) is 6.07 Å². The zero-order valence-electron chi connectivity index (χ0n) is 10.8. The van der Waals surface area contributed by atoms with Crippen LogP contribution in [0.1, 0.15) is 38.7 Å². The molecule has 0 aromatic heterocycles. The van der Waals surface area contributed by atoms with Gasteiger partial charge in [-0.1, -0.05) is 25.4 Å². The summed E-state index contributed by atoms with van der Waals surface area (Å²) in [5.74, 6) is 2.20. The molecule has 0 N–H and O–H groups in total. The lowest BCUT2D eigenvalue weighted by molar-refractivity contribution is 0.101. The largest absolute Gasteiger partial charge is 0.490 e. The number of hydrogen-bond acceptors (Lipinski definition) is 2. The van der Waals surface area contributed by atoms with Gasteiger partial charge in [0.15, 0.2) is 0 Å². The van der Waals surface area contributed by atoms with Crippen molar-refractivity contribution in [3.63, 3.8) is 0 Å². The first-order valence-electron chi connectivity index (χ1n) is 6.44. The maximum atomic E-state index is 8.82. The van der Waals surface area contributed by atoms with Crippen molar-refractivity contribution in [1.82, 2.24) is 0 Å². The van der Waals surface area contributed by atoms with Gasteiger partial charge in [0.2, 0.25) is 0 Å². The Morgan fingerprint density at radius 3 is 2.44 bits per heavy atom. The highest BCUT2D eigenvalue weighted by Crippen LogP contribution is 2.32. The van der Waals surface area contributed by atoms with E-state index in [9.17, 15) is 0 Å². The number of nitriles is 1. The summed E-state index contributed by atoms with van der Waals surface area (Å²) >= 11 is 6.00. The summed E-state index contributed by atoms with van der Waals surface area (Å²) in [5.41, 5.74) is 0.495. The molecule has 96 valence electrons. The highest BCUT2D eigenvalue weighted by Gasteiger charge is 2.25. The minimum atomic E-state index is 0.271. The highest BCUT2D eigenvalue weighted by atomic mass is 35.5. The van der Waals surface area contributed by atoms with Crippen molar-refractivity contribution in [2.75, 3.05) is 0 Å². The van der Waals surface area contributed by atoms with Crippen LogP contribution in [0.25, 0.3) is 0 Å². The molecule has 2 atom stereocenters. The third-order valence-corrected chi connectivity index (χ3v) is 3.81. The van der Waals surface area contributed by atoms with Crippen LogP contribution in [0.3, 0.4) is 0 Å². The molecule has 1 aliphatic carbocycles. The lowest BCUT2D eigenvalue weighted by Gasteiger charge is -2.31. The number of ether oxygens (including phenoxy) is 1. The number of hydrogen-bond donors (Lipinski definition) is 0. The van der Waals surface area contributed by atoms with Crippen molar-refractivity contribution < 1.29 is 4.74 Å². The van der Waals surface area contributed by atoms with Crippen molar-refractivity contribution >= 4 is 11.6 Å². The molecule has 1 aromatic carbocycles. The fourth-order valence-electron chi connectivity index (χ4n) is 2.82. The molecule has 0 heterocycles. The summed E-state index contributed by atoms with van der Waals surface area (Å²) in [6, 6.07) is 7.34. The van der Waals surface area contributed by atoms with Gasteiger partial charge in [0.25, 0.3) is 0 Å². The molecule has 1 saturated carbocycles. The van der Waals surface area contributed by atoms with Gasteiger partial charge in [-0.05, 0) is 43.2 Å². The highest BCUT2D eigenvalue weighted by molar-refractivity contribution is 6.31. The Labute approximate surface area is 114 Å². The molecule has 1 fully saturated rings. The molecule has 1 aromatic rings. The Kier molecular flexibility index (Phi) is 4.14. The molecule has 3 heteroatoms. The Bertz CT molecular complexity index is 456. The maximum Gasteiger partial charge on any atom is 0.121 e. The van der Waals surface area contributed by atoms with Gasteiger partial charge in [-0.15, -0.1) is 0 Å². The van der Waals surface area contributed by atoms with Gasteiger partial charge in [-0.2, -0.15) is 5.26 Å². The third-order valence-electron chi connectivity index (χ3n) is 3.50. The molecular weight excluding hydrogens is 246 g/mol. The van der Waals surface area contributed by atoms with Crippen LogP contribution >= 0.6 is 11.6 Å². The maximum absolute atomic E-state index is 8.82. The van der Waals surface area contributed by atoms with Crippen LogP contribution in [0.4, 0.5) is 0 Å². The lowest BCUT2D eigenvalue weighted by atomic mass is 9.82. The molecule has 0 radical (unpaired) electrons. The number of rotatable bonds is 2. The van der Waals surface area contributed by atoms with Gasteiger partial charge >= 0.3 is 0 Å². The zero-order chi connectivity index (χ0) is 13.1. The second kappa shape index (κ2) is 5.63. The molecule has 1 aliphatic rings. The van der Waals surface area contributed by atoms with E-state index < -0.39 is 0 Å². The Morgan fingerprint density at radius 2 is 1.89 bits per heavy atom. The van der Waals surface area contributed by atoms with Crippen LogP contribution < -0.4 is 4.74 Å². The first kappa shape index (κ1) is 13.2. The minimum absolute atomic E-state index is 0.271. The summed E-state index contributed by atoms with van der Waals surface area (Å²) in [4.78, 5) is 0. The molecule has 0 aliphatic heterocycles. The summed E-state index contributed by atoms with van der Waals surface area (Å²) in [5, 5.41) is 9.29. The van der Waals surface area contributed by atoms with Crippen molar-refractivity contribution in [3.8, 4) is 11.8 Å². The number of halogens is 1. The predicted molar refractivity (Wildman–Crippen MR) is 72.8 cm³/mol. The summed E-state index contributed by atoms with van der Waals surface area (Å²) in [6.45, 7) is 4.55. The van der Waals surface area contributed by atoms with E-state index in [0.717, 1.165) is 18.6 Å². The van der Waals surface area contributed by atoms with Gasteiger partial charge in [0.1, 0.15) is 11.8 Å². The van der Waals surface area contributed by atoms with Gasteiger partial charge < -0.3 is 4.74 Å². The molecule has 2 rings (SSSR count). The molecule has 2 nitrogen and oxygen atoms in total. The van der Waals surface area contributed by atoms with Crippen LogP contribution in [-0.4, -0.2) is 6.10 Å². The van der Waals surface area contributed by atoms with Gasteiger partial charge in [-0.3, -0.25) is 0 Å². The quantitative estimate of drug-likeness (QED) is 0.792. The van der Waals surface area contributed by atoms with Crippen molar-refractivity contribution in [2.24, 2.45) is 11.8 Å². The summed E-state index contributed by atoms with van der Waals surface area (Å²) in [6.07, 6.45) is 3.76. The second-order valence-electron chi connectivity index (χ2n) is 5.41. The number of nitrogens with zero attached hydrogens (tertiary/aromatic N) is 1. The topological polar surface area (TPSA) is 33.0 Å². The van der Waals surface area contributed by atoms with E-state index in [4.69, 9.17) is 21.6 Å². The van der Waals surface area contributed by atoms with Gasteiger partial charge in [0.05, 0.1) is 16.7 Å². The van der Waals surface area contributed by atoms with E-state index in [1.54, 1.807) is 12.1 Å². The standard InChI is InChI=1S/C15H18ClNO/c1-10-5-11(2)7-14(6-10)18-13-4-3-12(9-17)15(16)8-13/h3-4,8,10-11,14H,5-7H2,1-2H3/t10-,11-/m1/s1. The third kappa shape index (κ3) is 3.17. The molecule has 0 spiro atoms. The predicted octanol–water partition coefficient (Wildman–Crippen LogP) is 4.42. The monoisotopic (exact) mass is 263 g/mol. The zero-order valence-corrected chi connectivity index (χ0v) is 11.6. The lowest BCUT2D eigenvalue weighted by Crippen LogP contribution is -2.28. The van der Waals surface area contributed by atoms with Crippen molar-refractivity contribution in [3.05, 3.63) is 28.8 Å². The van der Waals surface area contributed by atoms with Gasteiger partial charge in [-0.25, -0.2) is 0 Å². The Hall–Kier alpha value is -1.20. The average Bonchev–Trinajstić information content (AvgIpc) is 2.27. The van der Waals surface area contributed by atoms with Crippen LogP contribution in [0.15, 0.2) is 18.2 Å². The summed E-state index contributed by atoms with van der Waals surface area (Å²) < 4.78 is 5.98. The van der Waals surface area contributed by atoms with E-state index in [1.807, 2.05) is 6.07 Å². The van der Waals surface area contributed by atoms with E-state index in [-0.39, 0.29) is 6.10 Å². The van der Waals surface area contributed by atoms with E-state index >= 15 is 0 Å². The first-order valence-corrected chi connectivity index (χ1v) is 6.82. The Morgan fingerprint density at radius 1 is 1.22 bits per heavy atom. The van der Waals surface area contributed by atoms with Crippen LogP contribution in [0.5, 0.6) is 5.75 Å². The molecule has 0 saturated heterocycles. The van der Waals surface area contributed by atoms with Crippen LogP contribution in [-0.2, 0) is 0 Å². The molecule has 0 bridgehead atoms. The number of benzene rings is 1. The van der Waals surface area contributed by atoms with E-state index in [0.29, 0.717) is 22.4 Å².